The van der Waals surface area contributed by atoms with Crippen LogP contribution in [0.5, 0.6) is 5.75 Å². The molecule has 0 fully saturated rings. The second-order valence-electron chi connectivity index (χ2n) is 10.7. The summed E-state index contributed by atoms with van der Waals surface area (Å²) in [5, 5.41) is 3.44. The number of carbonyl (C=O) groups is 4. The SMILES string of the molecule is CCOOCc1c(C(=O)C(C(=O)Nc2cc(C)ccc2OC)N2C(=O)c3ccccc3C2=O)n(-c2ccccc2)c2ccccc12. The Balaban J connectivity index is 1.57. The summed E-state index contributed by atoms with van der Waals surface area (Å²) < 4.78 is 7.17. The van der Waals surface area contributed by atoms with Gasteiger partial charge in [-0.3, -0.25) is 24.1 Å². The number of hydrogen-bond donors (Lipinski definition) is 1. The highest BCUT2D eigenvalue weighted by molar-refractivity contribution is 6.29. The number of ketones is 1. The molecule has 46 heavy (non-hydrogen) atoms. The molecule has 0 bridgehead atoms. The highest BCUT2D eigenvalue weighted by Crippen LogP contribution is 2.34. The molecule has 10 nitrogen and oxygen atoms in total. The van der Waals surface area contributed by atoms with Crippen LogP contribution >= 0.6 is 0 Å². The molecule has 1 aromatic heterocycles. The molecule has 1 unspecified atom stereocenters. The highest BCUT2D eigenvalue weighted by atomic mass is 17.2. The average molecular weight is 618 g/mol. The van der Waals surface area contributed by atoms with Gasteiger partial charge in [0.2, 0.25) is 5.78 Å². The number of ether oxygens (including phenoxy) is 1. The van der Waals surface area contributed by atoms with Gasteiger partial charge in [0.05, 0.1) is 41.7 Å². The van der Waals surface area contributed by atoms with E-state index in [0.717, 1.165) is 10.5 Å². The molecule has 10 heteroatoms. The molecular weight excluding hydrogens is 586 g/mol. The average Bonchev–Trinajstić information content (AvgIpc) is 3.53. The molecule has 2 heterocycles. The summed E-state index contributed by atoms with van der Waals surface area (Å²) in [5.41, 5.74) is 3.11. The molecular formula is C36H31N3O7. The fourth-order valence-electron chi connectivity index (χ4n) is 5.79. The van der Waals surface area contributed by atoms with Gasteiger partial charge >= 0.3 is 0 Å². The predicted molar refractivity (Wildman–Crippen MR) is 171 cm³/mol. The number of aryl methyl sites for hydroxylation is 1. The summed E-state index contributed by atoms with van der Waals surface area (Å²) in [4.78, 5) is 68.6. The smallest absolute Gasteiger partial charge is 0.262 e. The van der Waals surface area contributed by atoms with E-state index in [1.807, 2.05) is 67.6 Å². The van der Waals surface area contributed by atoms with Gasteiger partial charge in [0, 0.05) is 16.6 Å². The molecule has 1 N–H and O–H groups in total. The number of methoxy groups -OCH3 is 1. The van der Waals surface area contributed by atoms with Crippen LogP contribution in [0.1, 0.15) is 49.3 Å². The van der Waals surface area contributed by atoms with E-state index in [0.29, 0.717) is 27.9 Å². The fraction of sp³-hybridized carbons (Fsp3) is 0.167. The van der Waals surface area contributed by atoms with Crippen molar-refractivity contribution in [2.24, 2.45) is 0 Å². The van der Waals surface area contributed by atoms with E-state index in [1.165, 1.54) is 19.2 Å². The lowest BCUT2D eigenvalue weighted by Gasteiger charge is -2.26. The standard InChI is InChI=1S/C36H31N3O7/c1-4-45-46-21-27-24-14-10-11-17-29(24)38(23-12-6-5-7-13-23)31(27)33(40)32(34(41)37-28-20-22(2)18-19-30(28)44-3)39-35(42)25-15-8-9-16-26(25)36(39)43/h5-20,32H,4,21H2,1-3H3,(H,37,41). The Hall–Kier alpha value is -5.58. The number of benzene rings is 4. The van der Waals surface area contributed by atoms with Crippen LogP contribution in [0.3, 0.4) is 0 Å². The van der Waals surface area contributed by atoms with Crippen LogP contribution in [0.15, 0.2) is 97.1 Å². The minimum atomic E-state index is -1.89. The number of fused-ring (bicyclic) bond motifs is 2. The molecule has 0 saturated carbocycles. The number of nitrogens with one attached hydrogen (secondary N) is 1. The molecule has 5 aromatic rings. The summed E-state index contributed by atoms with van der Waals surface area (Å²) in [6.07, 6.45) is 0. The van der Waals surface area contributed by atoms with Crippen molar-refractivity contribution in [3.8, 4) is 11.4 Å². The maximum absolute atomic E-state index is 15.1. The maximum Gasteiger partial charge on any atom is 0.262 e. The third kappa shape index (κ3) is 5.33. The number of Topliss-reactive ketones (excluding diaryl/α,β-unsaturated/α-hetero) is 1. The molecule has 1 atom stereocenters. The predicted octanol–water partition coefficient (Wildman–Crippen LogP) is 5.90. The number of hydrogen-bond acceptors (Lipinski definition) is 7. The molecule has 3 amide bonds. The van der Waals surface area contributed by atoms with Gasteiger partial charge in [-0.2, -0.15) is 0 Å². The van der Waals surface area contributed by atoms with E-state index in [9.17, 15) is 14.4 Å². The minimum absolute atomic E-state index is 0.0695. The number of nitrogens with zero attached hydrogens (tertiary/aromatic N) is 2. The van der Waals surface area contributed by atoms with Crippen LogP contribution in [0.25, 0.3) is 16.6 Å². The lowest BCUT2D eigenvalue weighted by Crippen LogP contribution is -2.52. The Morgan fingerprint density at radius 1 is 0.826 bits per heavy atom. The van der Waals surface area contributed by atoms with Gasteiger partial charge in [0.15, 0.2) is 6.04 Å². The number of carbonyl (C=O) groups excluding carboxylic acids is 4. The van der Waals surface area contributed by atoms with Crippen LogP contribution in [-0.2, 0) is 21.2 Å². The first-order valence-electron chi connectivity index (χ1n) is 14.7. The number of aromatic nitrogens is 1. The Kier molecular flexibility index (Phi) is 8.47. The second-order valence-corrected chi connectivity index (χ2v) is 10.7. The summed E-state index contributed by atoms with van der Waals surface area (Å²) in [6, 6.07) is 26.0. The van der Waals surface area contributed by atoms with Crippen molar-refractivity contribution < 1.29 is 33.7 Å². The number of rotatable bonds is 11. The first-order valence-corrected chi connectivity index (χ1v) is 14.7. The van der Waals surface area contributed by atoms with Crippen molar-refractivity contribution >= 4 is 40.1 Å². The largest absolute Gasteiger partial charge is 0.495 e. The van der Waals surface area contributed by atoms with Crippen LogP contribution in [-0.4, -0.2) is 52.7 Å². The molecule has 232 valence electrons. The third-order valence-electron chi connectivity index (χ3n) is 7.82. The quantitative estimate of drug-likeness (QED) is 0.0490. The molecule has 1 aliphatic rings. The number of imide groups is 1. The van der Waals surface area contributed by atoms with Gasteiger partial charge in [-0.1, -0.05) is 54.6 Å². The highest BCUT2D eigenvalue weighted by Gasteiger charge is 2.48. The molecule has 0 aliphatic carbocycles. The third-order valence-corrected chi connectivity index (χ3v) is 7.82. The monoisotopic (exact) mass is 617 g/mol. The van der Waals surface area contributed by atoms with Crippen LogP contribution < -0.4 is 10.1 Å². The summed E-state index contributed by atoms with van der Waals surface area (Å²) >= 11 is 0. The zero-order valence-corrected chi connectivity index (χ0v) is 25.5. The van der Waals surface area contributed by atoms with Crippen molar-refractivity contribution in [2.75, 3.05) is 19.0 Å². The first-order chi connectivity index (χ1) is 22.3. The topological polar surface area (TPSA) is 116 Å². The molecule has 0 spiro atoms. The van der Waals surface area contributed by atoms with E-state index >= 15 is 4.79 Å². The normalized spacial score (nSPS) is 13.2. The lowest BCUT2D eigenvalue weighted by atomic mass is 10.0. The number of para-hydroxylation sites is 2. The van der Waals surface area contributed by atoms with Crippen molar-refractivity contribution in [3.63, 3.8) is 0 Å². The van der Waals surface area contributed by atoms with Crippen molar-refractivity contribution in [3.05, 3.63) is 125 Å². The van der Waals surface area contributed by atoms with E-state index in [2.05, 4.69) is 5.32 Å². The zero-order chi connectivity index (χ0) is 32.4. The lowest BCUT2D eigenvalue weighted by molar-refractivity contribution is -0.300. The van der Waals surface area contributed by atoms with Gasteiger partial charge in [-0.05, 0) is 61.9 Å². The van der Waals surface area contributed by atoms with Gasteiger partial charge in [0.1, 0.15) is 12.4 Å². The second kappa shape index (κ2) is 12.8. The van der Waals surface area contributed by atoms with E-state index in [-0.39, 0.29) is 35.7 Å². The summed E-state index contributed by atoms with van der Waals surface area (Å²) in [5.74, 6) is -2.82. The van der Waals surface area contributed by atoms with Crippen molar-refractivity contribution in [1.82, 2.24) is 9.47 Å². The van der Waals surface area contributed by atoms with E-state index in [4.69, 9.17) is 14.5 Å². The Bertz CT molecular complexity index is 1950. The molecule has 0 radical (unpaired) electrons. The molecule has 6 rings (SSSR count). The van der Waals surface area contributed by atoms with Crippen molar-refractivity contribution in [2.45, 2.75) is 26.5 Å². The van der Waals surface area contributed by atoms with Gasteiger partial charge in [-0.15, -0.1) is 0 Å². The number of anilines is 1. The van der Waals surface area contributed by atoms with E-state index in [1.54, 1.807) is 35.8 Å². The van der Waals surface area contributed by atoms with Gasteiger partial charge in [-0.25, -0.2) is 9.78 Å². The molecule has 0 saturated heterocycles. The Morgan fingerprint density at radius 2 is 1.48 bits per heavy atom. The van der Waals surface area contributed by atoms with Crippen LogP contribution in [0.4, 0.5) is 5.69 Å². The minimum Gasteiger partial charge on any atom is -0.495 e. The van der Waals surface area contributed by atoms with Crippen LogP contribution in [0.2, 0.25) is 0 Å². The molecule has 1 aliphatic heterocycles. The number of amides is 3. The van der Waals surface area contributed by atoms with E-state index < -0.39 is 29.5 Å². The maximum atomic E-state index is 15.1. The van der Waals surface area contributed by atoms with Gasteiger partial charge < -0.3 is 14.6 Å². The Labute approximate surface area is 265 Å². The van der Waals surface area contributed by atoms with Crippen LogP contribution in [0, 0.1) is 6.92 Å². The van der Waals surface area contributed by atoms with Crippen molar-refractivity contribution in [1.29, 1.82) is 0 Å². The zero-order valence-electron chi connectivity index (χ0n) is 25.5. The first kappa shape index (κ1) is 30.4. The van der Waals surface area contributed by atoms with Gasteiger partial charge in [0.25, 0.3) is 17.7 Å². The summed E-state index contributed by atoms with van der Waals surface area (Å²) in [7, 11) is 1.45. The Morgan fingerprint density at radius 3 is 2.15 bits per heavy atom. The fourth-order valence-corrected chi connectivity index (χ4v) is 5.79. The summed E-state index contributed by atoms with van der Waals surface area (Å²) in [6.45, 7) is 3.72. The molecule has 4 aromatic carbocycles.